The summed E-state index contributed by atoms with van der Waals surface area (Å²) in [4.78, 5) is 12.2. The first-order valence-electron chi connectivity index (χ1n) is 7.65. The van der Waals surface area contributed by atoms with Crippen molar-refractivity contribution < 1.29 is 4.79 Å². The fourth-order valence-electron chi connectivity index (χ4n) is 2.27. The summed E-state index contributed by atoms with van der Waals surface area (Å²) in [6.45, 7) is 1.92. The Bertz CT molecular complexity index is 855. The van der Waals surface area contributed by atoms with Crippen LogP contribution in [0.4, 0.5) is 0 Å². The SMILES string of the molecule is CC(NC(=O)CSc1nnnn1-c1ccccc1)c1cccc(Cl)c1. The number of aromatic nitrogens is 4. The number of nitrogens with one attached hydrogen (secondary N) is 1. The second-order valence-corrected chi connectivity index (χ2v) is 6.72. The predicted octanol–water partition coefficient (Wildman–Crippen LogP) is 3.29. The number of benzene rings is 2. The molecule has 0 saturated carbocycles. The molecule has 25 heavy (non-hydrogen) atoms. The van der Waals surface area contributed by atoms with Crippen LogP contribution in [0.15, 0.2) is 59.8 Å². The van der Waals surface area contributed by atoms with Crippen LogP contribution in [0, 0.1) is 0 Å². The molecule has 2 aromatic carbocycles. The van der Waals surface area contributed by atoms with E-state index in [4.69, 9.17) is 11.6 Å². The van der Waals surface area contributed by atoms with Gasteiger partial charge in [0.15, 0.2) is 0 Å². The number of carbonyl (C=O) groups excluding carboxylic acids is 1. The van der Waals surface area contributed by atoms with Crippen molar-refractivity contribution in [2.75, 3.05) is 5.75 Å². The molecule has 1 unspecified atom stereocenters. The number of tetrazole rings is 1. The van der Waals surface area contributed by atoms with Crippen LogP contribution < -0.4 is 5.32 Å². The molecule has 0 aliphatic rings. The summed E-state index contributed by atoms with van der Waals surface area (Å²) in [5.74, 6) is 0.123. The Hall–Kier alpha value is -2.38. The summed E-state index contributed by atoms with van der Waals surface area (Å²) in [6, 6.07) is 16.9. The fourth-order valence-corrected chi connectivity index (χ4v) is 3.17. The number of para-hydroxylation sites is 1. The van der Waals surface area contributed by atoms with Gasteiger partial charge in [-0.1, -0.05) is 53.7 Å². The average molecular weight is 374 g/mol. The van der Waals surface area contributed by atoms with Crippen molar-refractivity contribution in [1.82, 2.24) is 25.5 Å². The number of amides is 1. The second-order valence-electron chi connectivity index (χ2n) is 5.34. The third-order valence-electron chi connectivity index (χ3n) is 3.50. The van der Waals surface area contributed by atoms with Crippen LogP contribution in [0.5, 0.6) is 0 Å². The normalized spacial score (nSPS) is 11.9. The van der Waals surface area contributed by atoms with Crippen LogP contribution in [0.2, 0.25) is 5.02 Å². The number of hydrogen-bond donors (Lipinski definition) is 1. The second kappa shape index (κ2) is 8.13. The molecular formula is C17H16ClN5OS. The maximum absolute atomic E-state index is 12.2. The summed E-state index contributed by atoms with van der Waals surface area (Å²) in [7, 11) is 0. The van der Waals surface area contributed by atoms with Gasteiger partial charge in [0, 0.05) is 5.02 Å². The number of thioether (sulfide) groups is 1. The maximum Gasteiger partial charge on any atom is 0.230 e. The van der Waals surface area contributed by atoms with Crippen molar-refractivity contribution in [1.29, 1.82) is 0 Å². The molecule has 0 saturated heterocycles. The van der Waals surface area contributed by atoms with Crippen molar-refractivity contribution >= 4 is 29.3 Å². The number of nitrogens with zero attached hydrogens (tertiary/aromatic N) is 4. The topological polar surface area (TPSA) is 72.7 Å². The van der Waals surface area contributed by atoms with E-state index in [0.717, 1.165) is 11.3 Å². The zero-order chi connectivity index (χ0) is 17.6. The molecule has 1 atom stereocenters. The third-order valence-corrected chi connectivity index (χ3v) is 4.65. The molecule has 3 aromatic rings. The number of halogens is 1. The lowest BCUT2D eigenvalue weighted by Crippen LogP contribution is -2.28. The number of hydrogen-bond acceptors (Lipinski definition) is 5. The van der Waals surface area contributed by atoms with Crippen molar-refractivity contribution in [3.63, 3.8) is 0 Å². The van der Waals surface area contributed by atoms with E-state index < -0.39 is 0 Å². The van der Waals surface area contributed by atoms with Crippen LogP contribution >= 0.6 is 23.4 Å². The van der Waals surface area contributed by atoms with E-state index in [0.29, 0.717) is 10.2 Å². The Morgan fingerprint density at radius 3 is 2.80 bits per heavy atom. The Morgan fingerprint density at radius 2 is 2.04 bits per heavy atom. The molecule has 3 rings (SSSR count). The minimum atomic E-state index is -0.128. The maximum atomic E-state index is 12.2. The minimum Gasteiger partial charge on any atom is -0.349 e. The number of carbonyl (C=O) groups is 1. The lowest BCUT2D eigenvalue weighted by molar-refractivity contribution is -0.119. The molecule has 0 spiro atoms. The molecule has 0 aliphatic carbocycles. The summed E-state index contributed by atoms with van der Waals surface area (Å²) >= 11 is 7.27. The summed E-state index contributed by atoms with van der Waals surface area (Å²) in [6.07, 6.45) is 0. The standard InChI is InChI=1S/C17H16ClN5OS/c1-12(13-6-5-7-14(18)10-13)19-16(24)11-25-17-20-21-22-23(17)15-8-3-2-4-9-15/h2-10,12H,11H2,1H3,(H,19,24). The van der Waals surface area contributed by atoms with E-state index in [1.165, 1.54) is 11.8 Å². The van der Waals surface area contributed by atoms with Crippen molar-refractivity contribution in [2.24, 2.45) is 0 Å². The highest BCUT2D eigenvalue weighted by atomic mass is 35.5. The van der Waals surface area contributed by atoms with Gasteiger partial charge in [0.2, 0.25) is 11.1 Å². The average Bonchev–Trinajstić information content (AvgIpc) is 3.09. The minimum absolute atomic E-state index is 0.0971. The highest BCUT2D eigenvalue weighted by Crippen LogP contribution is 2.20. The third kappa shape index (κ3) is 4.58. The Labute approximate surface area is 154 Å². The highest BCUT2D eigenvalue weighted by molar-refractivity contribution is 7.99. The van der Waals surface area contributed by atoms with Gasteiger partial charge in [0.05, 0.1) is 17.5 Å². The van der Waals surface area contributed by atoms with E-state index in [2.05, 4.69) is 20.8 Å². The van der Waals surface area contributed by atoms with Crippen LogP contribution in [0.3, 0.4) is 0 Å². The van der Waals surface area contributed by atoms with Crippen LogP contribution in [-0.2, 0) is 4.79 Å². The molecule has 0 bridgehead atoms. The Morgan fingerprint density at radius 1 is 1.24 bits per heavy atom. The van der Waals surface area contributed by atoms with Gasteiger partial charge in [-0.15, -0.1) is 5.10 Å². The first kappa shape index (κ1) is 17.4. The summed E-state index contributed by atoms with van der Waals surface area (Å²) in [5, 5.41) is 15.8. The Balaban J connectivity index is 1.59. The molecule has 0 aliphatic heterocycles. The molecule has 6 nitrogen and oxygen atoms in total. The highest BCUT2D eigenvalue weighted by Gasteiger charge is 2.14. The smallest absolute Gasteiger partial charge is 0.230 e. The molecule has 1 heterocycles. The summed E-state index contributed by atoms with van der Waals surface area (Å²) < 4.78 is 1.61. The van der Waals surface area contributed by atoms with Gasteiger partial charge in [-0.3, -0.25) is 4.79 Å². The molecule has 1 aromatic heterocycles. The first-order chi connectivity index (χ1) is 12.1. The van der Waals surface area contributed by atoms with Gasteiger partial charge in [-0.25, -0.2) is 0 Å². The van der Waals surface area contributed by atoms with Crippen molar-refractivity contribution in [3.05, 3.63) is 65.2 Å². The van der Waals surface area contributed by atoms with Gasteiger partial charge in [0.1, 0.15) is 0 Å². The zero-order valence-electron chi connectivity index (χ0n) is 13.5. The molecule has 1 N–H and O–H groups in total. The molecule has 0 radical (unpaired) electrons. The van der Waals surface area contributed by atoms with E-state index in [1.807, 2.05) is 55.5 Å². The van der Waals surface area contributed by atoms with Gasteiger partial charge >= 0.3 is 0 Å². The fraction of sp³-hybridized carbons (Fsp3) is 0.176. The van der Waals surface area contributed by atoms with E-state index >= 15 is 0 Å². The van der Waals surface area contributed by atoms with Crippen LogP contribution in [0.1, 0.15) is 18.5 Å². The predicted molar refractivity (Wildman–Crippen MR) is 97.9 cm³/mol. The van der Waals surface area contributed by atoms with Gasteiger partial charge in [-0.05, 0) is 47.2 Å². The van der Waals surface area contributed by atoms with E-state index in [-0.39, 0.29) is 17.7 Å². The molecule has 1 amide bonds. The molecule has 0 fully saturated rings. The molecular weight excluding hydrogens is 358 g/mol. The van der Waals surface area contributed by atoms with Gasteiger partial charge < -0.3 is 5.32 Å². The number of rotatable bonds is 6. The Kier molecular flexibility index (Phi) is 5.67. The molecule has 8 heteroatoms. The first-order valence-corrected chi connectivity index (χ1v) is 9.01. The van der Waals surface area contributed by atoms with Crippen molar-refractivity contribution in [2.45, 2.75) is 18.1 Å². The van der Waals surface area contributed by atoms with Crippen LogP contribution in [0.25, 0.3) is 5.69 Å². The quantitative estimate of drug-likeness (QED) is 0.671. The lowest BCUT2D eigenvalue weighted by atomic mass is 10.1. The largest absolute Gasteiger partial charge is 0.349 e. The van der Waals surface area contributed by atoms with Crippen molar-refractivity contribution in [3.8, 4) is 5.69 Å². The van der Waals surface area contributed by atoms with Crippen LogP contribution in [-0.4, -0.2) is 31.9 Å². The zero-order valence-corrected chi connectivity index (χ0v) is 15.0. The van der Waals surface area contributed by atoms with Gasteiger partial charge in [0.25, 0.3) is 0 Å². The summed E-state index contributed by atoms with van der Waals surface area (Å²) in [5.41, 5.74) is 1.81. The van der Waals surface area contributed by atoms with E-state index in [1.54, 1.807) is 10.7 Å². The lowest BCUT2D eigenvalue weighted by Gasteiger charge is -2.14. The van der Waals surface area contributed by atoms with E-state index in [9.17, 15) is 4.79 Å². The van der Waals surface area contributed by atoms with Gasteiger partial charge in [-0.2, -0.15) is 4.68 Å². The molecule has 128 valence electrons. The monoisotopic (exact) mass is 373 g/mol.